The molecule has 0 amide bonds. The van der Waals surface area contributed by atoms with E-state index in [-0.39, 0.29) is 29.7 Å². The Balaban J connectivity index is 1.96. The van der Waals surface area contributed by atoms with Crippen LogP contribution in [0.2, 0.25) is 0 Å². The molecule has 1 saturated carbocycles. The Morgan fingerprint density at radius 1 is 1.48 bits per heavy atom. The van der Waals surface area contributed by atoms with Crippen molar-refractivity contribution in [1.29, 1.82) is 0 Å². The molecule has 0 radical (unpaired) electrons. The monoisotopic (exact) mass is 296 g/mol. The van der Waals surface area contributed by atoms with Crippen LogP contribution in [0.5, 0.6) is 0 Å². The number of epoxide rings is 1. The van der Waals surface area contributed by atoms with E-state index >= 15 is 0 Å². The van der Waals surface area contributed by atoms with Crippen molar-refractivity contribution in [2.45, 2.75) is 77.3 Å². The fraction of sp³-hybridized carbons (Fsp3) is 0.824. The van der Waals surface area contributed by atoms with E-state index < -0.39 is 6.10 Å². The minimum absolute atomic E-state index is 0.0574. The van der Waals surface area contributed by atoms with Crippen molar-refractivity contribution in [3.8, 4) is 0 Å². The molecule has 2 aliphatic rings. The van der Waals surface area contributed by atoms with E-state index in [1.165, 1.54) is 6.92 Å². The number of esters is 1. The summed E-state index contributed by atoms with van der Waals surface area (Å²) in [5, 5.41) is 10.4. The Labute approximate surface area is 127 Å². The van der Waals surface area contributed by atoms with Crippen LogP contribution in [0, 0.1) is 11.8 Å². The van der Waals surface area contributed by atoms with Gasteiger partial charge in [-0.2, -0.15) is 0 Å². The summed E-state index contributed by atoms with van der Waals surface area (Å²) in [6.45, 7) is 11.8. The van der Waals surface area contributed by atoms with E-state index in [0.717, 1.165) is 24.8 Å². The molecule has 4 nitrogen and oxygen atoms in total. The molecule has 21 heavy (non-hydrogen) atoms. The molecule has 1 N–H and O–H groups in total. The topological polar surface area (TPSA) is 59.1 Å². The van der Waals surface area contributed by atoms with Crippen molar-refractivity contribution in [2.24, 2.45) is 11.8 Å². The molecule has 2 fully saturated rings. The maximum absolute atomic E-state index is 11.3. The molecule has 120 valence electrons. The summed E-state index contributed by atoms with van der Waals surface area (Å²) in [5.74, 6) is 0.344. The van der Waals surface area contributed by atoms with Crippen LogP contribution >= 0.6 is 0 Å². The fourth-order valence-electron chi connectivity index (χ4n) is 3.36. The molecular formula is C17H28O4. The van der Waals surface area contributed by atoms with Gasteiger partial charge in [-0.25, -0.2) is 0 Å². The van der Waals surface area contributed by atoms with Gasteiger partial charge in [0.2, 0.25) is 0 Å². The second kappa shape index (κ2) is 6.09. The highest BCUT2D eigenvalue weighted by Gasteiger charge is 2.49. The Morgan fingerprint density at radius 2 is 2.10 bits per heavy atom. The molecule has 1 heterocycles. The zero-order chi connectivity index (χ0) is 15.8. The maximum Gasteiger partial charge on any atom is 0.302 e. The van der Waals surface area contributed by atoms with Crippen LogP contribution in [0.1, 0.15) is 53.4 Å². The Kier molecular flexibility index (Phi) is 4.79. The van der Waals surface area contributed by atoms with Crippen LogP contribution in [0.15, 0.2) is 12.2 Å². The zero-order valence-electron chi connectivity index (χ0n) is 13.6. The van der Waals surface area contributed by atoms with E-state index in [2.05, 4.69) is 13.5 Å². The summed E-state index contributed by atoms with van der Waals surface area (Å²) in [5.41, 5.74) is 0.664. The van der Waals surface area contributed by atoms with Gasteiger partial charge >= 0.3 is 5.97 Å². The Hall–Kier alpha value is -0.870. The van der Waals surface area contributed by atoms with Crippen LogP contribution in [0.3, 0.4) is 0 Å². The lowest BCUT2D eigenvalue weighted by Crippen LogP contribution is -2.36. The molecule has 0 aromatic heterocycles. The minimum atomic E-state index is -0.590. The van der Waals surface area contributed by atoms with Gasteiger partial charge in [-0.3, -0.25) is 4.79 Å². The van der Waals surface area contributed by atoms with E-state index in [9.17, 15) is 9.90 Å². The van der Waals surface area contributed by atoms with Gasteiger partial charge in [-0.15, -0.1) is 0 Å². The Bertz CT molecular complexity index is 415. The summed E-state index contributed by atoms with van der Waals surface area (Å²) in [6.07, 6.45) is 2.78. The lowest BCUT2D eigenvalue weighted by molar-refractivity contribution is -0.151. The van der Waals surface area contributed by atoms with Crippen LogP contribution < -0.4 is 0 Å². The number of carbonyl (C=O) groups excluding carboxylic acids is 1. The van der Waals surface area contributed by atoms with Crippen molar-refractivity contribution in [1.82, 2.24) is 0 Å². The largest absolute Gasteiger partial charge is 0.462 e. The van der Waals surface area contributed by atoms with Crippen molar-refractivity contribution in [3.63, 3.8) is 0 Å². The standard InChI is InChI=1S/C17H28O4/c1-10-6-7-13(15(8-10)20-12(3)18)11(2)14(19)9-16-17(4,5)21-16/h10,13-16,19H,2,6-9H2,1,3-5H3/t10-,13+,14-,15-,16+/m1/s1. The average molecular weight is 296 g/mol. The number of aliphatic hydroxyl groups is 1. The van der Waals surface area contributed by atoms with Crippen LogP contribution in [-0.2, 0) is 14.3 Å². The number of hydrogen-bond acceptors (Lipinski definition) is 4. The summed E-state index contributed by atoms with van der Waals surface area (Å²) < 4.78 is 11.0. The molecule has 0 aromatic carbocycles. The molecule has 2 rings (SSSR count). The van der Waals surface area contributed by atoms with Gasteiger partial charge in [0.1, 0.15) is 6.10 Å². The molecule has 4 heteroatoms. The van der Waals surface area contributed by atoms with E-state index in [1.807, 2.05) is 13.8 Å². The fourth-order valence-corrected chi connectivity index (χ4v) is 3.36. The molecular weight excluding hydrogens is 268 g/mol. The predicted molar refractivity (Wildman–Crippen MR) is 80.8 cm³/mol. The van der Waals surface area contributed by atoms with E-state index in [4.69, 9.17) is 9.47 Å². The lowest BCUT2D eigenvalue weighted by atomic mass is 9.75. The molecule has 1 aliphatic carbocycles. The molecule has 0 bridgehead atoms. The third kappa shape index (κ3) is 4.07. The normalized spacial score (nSPS) is 35.9. The quantitative estimate of drug-likeness (QED) is 0.481. The maximum atomic E-state index is 11.3. The molecule has 0 aromatic rings. The molecule has 1 saturated heterocycles. The zero-order valence-corrected chi connectivity index (χ0v) is 13.6. The Morgan fingerprint density at radius 3 is 2.62 bits per heavy atom. The van der Waals surface area contributed by atoms with Gasteiger partial charge in [0, 0.05) is 19.3 Å². The number of ether oxygens (including phenoxy) is 2. The summed E-state index contributed by atoms with van der Waals surface area (Å²) in [4.78, 5) is 11.3. The van der Waals surface area contributed by atoms with Crippen molar-refractivity contribution in [3.05, 3.63) is 12.2 Å². The van der Waals surface area contributed by atoms with Gasteiger partial charge < -0.3 is 14.6 Å². The lowest BCUT2D eigenvalue weighted by Gasteiger charge is -2.36. The van der Waals surface area contributed by atoms with Crippen LogP contribution in [-0.4, -0.2) is 35.0 Å². The SMILES string of the molecule is C=C([C@H](O)C[C@@H]1OC1(C)C)[C@@H]1CC[C@@H](C)C[C@H]1OC(C)=O. The van der Waals surface area contributed by atoms with Gasteiger partial charge in [0.05, 0.1) is 17.8 Å². The first-order valence-corrected chi connectivity index (χ1v) is 7.92. The molecule has 1 aliphatic heterocycles. The third-order valence-corrected chi connectivity index (χ3v) is 4.88. The summed E-state index contributed by atoms with van der Waals surface area (Å²) >= 11 is 0. The highest BCUT2D eigenvalue weighted by atomic mass is 16.6. The molecule has 0 spiro atoms. The van der Waals surface area contributed by atoms with Crippen LogP contribution in [0.4, 0.5) is 0 Å². The molecule has 5 atom stereocenters. The van der Waals surface area contributed by atoms with Gasteiger partial charge in [-0.05, 0) is 44.6 Å². The average Bonchev–Trinajstić information content (AvgIpc) is 2.95. The highest BCUT2D eigenvalue weighted by Crippen LogP contribution is 2.41. The van der Waals surface area contributed by atoms with Gasteiger partial charge in [-0.1, -0.05) is 13.5 Å². The highest BCUT2D eigenvalue weighted by molar-refractivity contribution is 5.66. The van der Waals surface area contributed by atoms with Crippen molar-refractivity contribution >= 4 is 5.97 Å². The predicted octanol–water partition coefficient (Wildman–Crippen LogP) is 2.84. The van der Waals surface area contributed by atoms with Crippen molar-refractivity contribution in [2.75, 3.05) is 0 Å². The summed E-state index contributed by atoms with van der Waals surface area (Å²) in [7, 11) is 0. The second-order valence-corrected chi connectivity index (χ2v) is 7.21. The number of hydrogen-bond donors (Lipinski definition) is 1. The van der Waals surface area contributed by atoms with E-state index in [1.54, 1.807) is 0 Å². The number of carbonyl (C=O) groups is 1. The van der Waals surface area contributed by atoms with Crippen molar-refractivity contribution < 1.29 is 19.4 Å². The first-order chi connectivity index (χ1) is 9.70. The van der Waals surface area contributed by atoms with Gasteiger partial charge in [0.15, 0.2) is 0 Å². The first-order valence-electron chi connectivity index (χ1n) is 7.92. The van der Waals surface area contributed by atoms with E-state index in [0.29, 0.717) is 12.3 Å². The number of aliphatic hydroxyl groups excluding tert-OH is 1. The minimum Gasteiger partial charge on any atom is -0.462 e. The third-order valence-electron chi connectivity index (χ3n) is 4.88. The summed E-state index contributed by atoms with van der Waals surface area (Å²) in [6, 6.07) is 0. The first kappa shape index (κ1) is 16.5. The second-order valence-electron chi connectivity index (χ2n) is 7.21. The smallest absolute Gasteiger partial charge is 0.302 e. The number of rotatable bonds is 5. The van der Waals surface area contributed by atoms with Gasteiger partial charge in [0.25, 0.3) is 0 Å². The van der Waals surface area contributed by atoms with Crippen LogP contribution in [0.25, 0.3) is 0 Å². The molecule has 0 unspecified atom stereocenters.